The number of hydrogen-bond acceptors (Lipinski definition) is 5. The number of rotatable bonds is 2. The molecule has 1 aromatic heterocycles. The quantitative estimate of drug-likeness (QED) is 0.862. The second-order valence-corrected chi connectivity index (χ2v) is 5.79. The fraction of sp³-hybridized carbons (Fsp3) is 0.846. The van der Waals surface area contributed by atoms with Crippen LogP contribution < -0.4 is 5.32 Å². The first-order valence-corrected chi connectivity index (χ1v) is 7.07. The van der Waals surface area contributed by atoms with Gasteiger partial charge in [0.25, 0.3) is 0 Å². The first-order valence-electron chi connectivity index (χ1n) is 7.07. The minimum Gasteiger partial charge on any atom is -0.381 e. The third kappa shape index (κ3) is 1.77. The van der Waals surface area contributed by atoms with Crippen LogP contribution in [0.5, 0.6) is 0 Å². The average molecular weight is 249 g/mol. The van der Waals surface area contributed by atoms with Crippen molar-refractivity contribution < 1.29 is 9.26 Å². The van der Waals surface area contributed by atoms with Crippen LogP contribution in [-0.2, 0) is 4.74 Å². The Morgan fingerprint density at radius 2 is 2.22 bits per heavy atom. The molecule has 98 valence electrons. The second-order valence-electron chi connectivity index (χ2n) is 5.79. The molecule has 1 N–H and O–H groups in total. The van der Waals surface area contributed by atoms with Gasteiger partial charge in [-0.3, -0.25) is 0 Å². The molecule has 0 amide bonds. The van der Waals surface area contributed by atoms with Gasteiger partial charge in [0.1, 0.15) is 0 Å². The van der Waals surface area contributed by atoms with Crippen LogP contribution in [0.3, 0.4) is 0 Å². The van der Waals surface area contributed by atoms with E-state index in [0.717, 1.165) is 44.2 Å². The molecule has 3 aliphatic heterocycles. The fourth-order valence-electron chi connectivity index (χ4n) is 3.61. The molecule has 18 heavy (non-hydrogen) atoms. The van der Waals surface area contributed by atoms with Crippen molar-refractivity contribution in [1.29, 1.82) is 0 Å². The minimum absolute atomic E-state index is 0.336. The van der Waals surface area contributed by atoms with Crippen LogP contribution in [-0.4, -0.2) is 35.4 Å². The average Bonchev–Trinajstić information content (AvgIpc) is 3.15. The van der Waals surface area contributed by atoms with Gasteiger partial charge >= 0.3 is 0 Å². The molecule has 3 fully saturated rings. The number of ether oxygens (including phenoxy) is 1. The highest BCUT2D eigenvalue weighted by molar-refractivity contribution is 5.11. The van der Waals surface area contributed by atoms with Crippen molar-refractivity contribution >= 4 is 0 Å². The lowest BCUT2D eigenvalue weighted by Gasteiger charge is -2.18. The summed E-state index contributed by atoms with van der Waals surface area (Å²) in [6.07, 6.45) is 5.93. The molecule has 0 aromatic carbocycles. The Morgan fingerprint density at radius 3 is 2.94 bits per heavy atom. The maximum Gasteiger partial charge on any atom is 0.231 e. The van der Waals surface area contributed by atoms with Gasteiger partial charge in [-0.15, -0.1) is 0 Å². The summed E-state index contributed by atoms with van der Waals surface area (Å²) in [5, 5.41) is 7.79. The molecule has 1 aromatic rings. The molecule has 5 heteroatoms. The van der Waals surface area contributed by atoms with Crippen LogP contribution in [0.1, 0.15) is 55.7 Å². The van der Waals surface area contributed by atoms with Crippen LogP contribution in [0.15, 0.2) is 4.52 Å². The Balaban J connectivity index is 1.51. The zero-order valence-electron chi connectivity index (χ0n) is 10.5. The highest BCUT2D eigenvalue weighted by Gasteiger charge is 2.42. The van der Waals surface area contributed by atoms with Crippen molar-refractivity contribution in [2.45, 2.75) is 56.0 Å². The smallest absolute Gasteiger partial charge is 0.231 e. The molecule has 4 rings (SSSR count). The Kier molecular flexibility index (Phi) is 2.62. The molecular weight excluding hydrogens is 230 g/mol. The van der Waals surface area contributed by atoms with Crippen molar-refractivity contribution in [3.8, 4) is 0 Å². The largest absolute Gasteiger partial charge is 0.381 e. The summed E-state index contributed by atoms with van der Waals surface area (Å²) in [5.41, 5.74) is 0. The lowest BCUT2D eigenvalue weighted by Crippen LogP contribution is -2.22. The van der Waals surface area contributed by atoms with Gasteiger partial charge in [-0.25, -0.2) is 0 Å². The zero-order valence-corrected chi connectivity index (χ0v) is 10.5. The maximum absolute atomic E-state index is 5.50. The molecule has 4 unspecified atom stereocenters. The Labute approximate surface area is 106 Å². The van der Waals surface area contributed by atoms with Crippen molar-refractivity contribution in [3.63, 3.8) is 0 Å². The summed E-state index contributed by atoms with van der Waals surface area (Å²) < 4.78 is 11.0. The van der Waals surface area contributed by atoms with Gasteiger partial charge in [0.05, 0.1) is 12.5 Å². The molecule has 4 heterocycles. The van der Waals surface area contributed by atoms with E-state index in [1.165, 1.54) is 12.8 Å². The van der Waals surface area contributed by atoms with E-state index < -0.39 is 0 Å². The predicted molar refractivity (Wildman–Crippen MR) is 64.4 cm³/mol. The Morgan fingerprint density at radius 1 is 1.22 bits per heavy atom. The summed E-state index contributed by atoms with van der Waals surface area (Å²) in [6.45, 7) is 1.62. The van der Waals surface area contributed by atoms with Gasteiger partial charge < -0.3 is 14.6 Å². The van der Waals surface area contributed by atoms with Gasteiger partial charge in [0, 0.05) is 24.6 Å². The topological polar surface area (TPSA) is 60.2 Å². The first-order chi connectivity index (χ1) is 8.90. The van der Waals surface area contributed by atoms with Crippen molar-refractivity contribution in [2.24, 2.45) is 0 Å². The molecule has 3 saturated heterocycles. The molecule has 0 radical (unpaired) electrons. The molecule has 3 aliphatic rings. The van der Waals surface area contributed by atoms with E-state index >= 15 is 0 Å². The Hall–Kier alpha value is -0.940. The summed E-state index contributed by atoms with van der Waals surface area (Å²) >= 11 is 0. The number of aromatic nitrogens is 2. The lowest BCUT2D eigenvalue weighted by molar-refractivity contribution is 0.0773. The monoisotopic (exact) mass is 249 g/mol. The standard InChI is InChI=1S/C13H19N3O2/c1-2-8(7-17-5-1)12-15-13(18-16-12)10-6-9-3-4-11(10)14-9/h8-11,14H,1-7H2. The molecule has 5 nitrogen and oxygen atoms in total. The van der Waals surface area contributed by atoms with E-state index in [2.05, 4.69) is 15.5 Å². The maximum atomic E-state index is 5.50. The van der Waals surface area contributed by atoms with Crippen molar-refractivity contribution in [2.75, 3.05) is 13.2 Å². The molecule has 4 atom stereocenters. The summed E-state index contributed by atoms with van der Waals surface area (Å²) in [4.78, 5) is 4.64. The van der Waals surface area contributed by atoms with Gasteiger partial charge in [0.2, 0.25) is 5.89 Å². The van der Waals surface area contributed by atoms with Gasteiger partial charge in [-0.1, -0.05) is 5.16 Å². The highest BCUT2D eigenvalue weighted by atomic mass is 16.5. The van der Waals surface area contributed by atoms with E-state index in [4.69, 9.17) is 9.26 Å². The van der Waals surface area contributed by atoms with E-state index in [0.29, 0.717) is 23.9 Å². The van der Waals surface area contributed by atoms with Gasteiger partial charge in [0.15, 0.2) is 5.82 Å². The zero-order chi connectivity index (χ0) is 11.9. The normalized spacial score (nSPS) is 39.3. The van der Waals surface area contributed by atoms with Crippen LogP contribution in [0.2, 0.25) is 0 Å². The van der Waals surface area contributed by atoms with E-state index in [1.807, 2.05) is 0 Å². The number of nitrogens with one attached hydrogen (secondary N) is 1. The summed E-state index contributed by atoms with van der Waals surface area (Å²) in [7, 11) is 0. The van der Waals surface area contributed by atoms with E-state index in [1.54, 1.807) is 0 Å². The van der Waals surface area contributed by atoms with Crippen LogP contribution in [0.25, 0.3) is 0 Å². The fourth-order valence-corrected chi connectivity index (χ4v) is 3.61. The Bertz CT molecular complexity index is 428. The number of fused-ring (bicyclic) bond motifs is 2. The van der Waals surface area contributed by atoms with E-state index in [-0.39, 0.29) is 0 Å². The van der Waals surface area contributed by atoms with Crippen LogP contribution in [0, 0.1) is 0 Å². The third-order valence-corrected chi connectivity index (χ3v) is 4.60. The molecule has 0 saturated carbocycles. The first kappa shape index (κ1) is 10.9. The van der Waals surface area contributed by atoms with Gasteiger partial charge in [-0.2, -0.15) is 4.98 Å². The second kappa shape index (κ2) is 4.31. The molecule has 2 bridgehead atoms. The van der Waals surface area contributed by atoms with Crippen LogP contribution >= 0.6 is 0 Å². The van der Waals surface area contributed by atoms with Crippen molar-refractivity contribution in [1.82, 2.24) is 15.5 Å². The van der Waals surface area contributed by atoms with Crippen LogP contribution in [0.4, 0.5) is 0 Å². The highest BCUT2D eigenvalue weighted by Crippen LogP contribution is 2.39. The third-order valence-electron chi connectivity index (χ3n) is 4.60. The number of hydrogen-bond donors (Lipinski definition) is 1. The summed E-state index contributed by atoms with van der Waals surface area (Å²) in [6, 6.07) is 1.24. The van der Waals surface area contributed by atoms with E-state index in [9.17, 15) is 0 Å². The predicted octanol–water partition coefficient (Wildman–Crippen LogP) is 1.57. The molecule has 0 aliphatic carbocycles. The van der Waals surface area contributed by atoms with Crippen molar-refractivity contribution in [3.05, 3.63) is 11.7 Å². The number of nitrogens with zero attached hydrogens (tertiary/aromatic N) is 2. The molecule has 0 spiro atoms. The SMILES string of the molecule is C1COCC(c2noc(C3CC4CCC3N4)n2)C1. The van der Waals surface area contributed by atoms with Gasteiger partial charge in [-0.05, 0) is 32.1 Å². The lowest BCUT2D eigenvalue weighted by atomic mass is 9.89. The minimum atomic E-state index is 0.336. The molecular formula is C13H19N3O2. The summed E-state index contributed by atoms with van der Waals surface area (Å²) in [5.74, 6) is 2.47.